The van der Waals surface area contributed by atoms with Gasteiger partial charge in [-0.05, 0) is 60.5 Å². The molecule has 1 aromatic heterocycles. The van der Waals surface area contributed by atoms with Gasteiger partial charge < -0.3 is 14.2 Å². The second-order valence-electron chi connectivity index (χ2n) is 9.28. The quantitative estimate of drug-likeness (QED) is 0.257. The largest absolute Gasteiger partial charge is 0.484 e. The number of halogens is 1. The summed E-state index contributed by atoms with van der Waals surface area (Å²) in [5, 5.41) is 0.602. The first kappa shape index (κ1) is 25.6. The van der Waals surface area contributed by atoms with E-state index >= 15 is 0 Å². The molecule has 0 saturated carbocycles. The number of fused-ring (bicyclic) bond motifs is 3. The van der Waals surface area contributed by atoms with Crippen molar-refractivity contribution in [2.75, 3.05) is 24.6 Å². The number of hydrogen-bond acceptors (Lipinski definition) is 3. The molecule has 2 heterocycles. The SMILES string of the molecule is CCCCN(CC(=O)N1c2ccccc2-n2cccc2[C@@H]1c1cccc(Cl)c1)C(=O)COc1ccccc1. The van der Waals surface area contributed by atoms with E-state index in [1.165, 1.54) is 0 Å². The van der Waals surface area contributed by atoms with E-state index in [0.29, 0.717) is 17.3 Å². The Labute approximate surface area is 228 Å². The van der Waals surface area contributed by atoms with Crippen molar-refractivity contribution in [3.8, 4) is 11.4 Å². The summed E-state index contributed by atoms with van der Waals surface area (Å²) in [6.07, 6.45) is 3.70. The summed E-state index contributed by atoms with van der Waals surface area (Å²) in [6, 6.07) is 28.3. The Morgan fingerprint density at radius 3 is 2.45 bits per heavy atom. The number of ether oxygens (including phenoxy) is 1. The zero-order valence-electron chi connectivity index (χ0n) is 21.3. The molecule has 0 unspecified atom stereocenters. The third-order valence-electron chi connectivity index (χ3n) is 6.72. The van der Waals surface area contributed by atoms with Gasteiger partial charge in [-0.2, -0.15) is 0 Å². The van der Waals surface area contributed by atoms with E-state index < -0.39 is 6.04 Å². The summed E-state index contributed by atoms with van der Waals surface area (Å²) in [4.78, 5) is 30.8. The highest BCUT2D eigenvalue weighted by atomic mass is 35.5. The molecule has 0 fully saturated rings. The fraction of sp³-hybridized carbons (Fsp3) is 0.226. The first-order valence-corrected chi connectivity index (χ1v) is 13.2. The Balaban J connectivity index is 1.47. The third-order valence-corrected chi connectivity index (χ3v) is 6.95. The van der Waals surface area contributed by atoms with E-state index in [1.54, 1.807) is 9.80 Å². The van der Waals surface area contributed by atoms with Crippen LogP contribution in [-0.4, -0.2) is 41.0 Å². The number of nitrogens with zero attached hydrogens (tertiary/aromatic N) is 3. The minimum atomic E-state index is -0.394. The van der Waals surface area contributed by atoms with E-state index in [9.17, 15) is 9.59 Å². The summed E-state index contributed by atoms with van der Waals surface area (Å²) in [7, 11) is 0. The minimum absolute atomic E-state index is 0.0525. The molecule has 1 atom stereocenters. The van der Waals surface area contributed by atoms with Crippen LogP contribution in [0.2, 0.25) is 5.02 Å². The standard InChI is InChI=1S/C31H30ClN3O3/c1-2-3-18-33(30(37)22-38-25-13-5-4-6-14-25)21-29(36)35-27-16-8-7-15-26(27)34-19-10-17-28(34)31(35)23-11-9-12-24(32)20-23/h4-17,19-20,31H,2-3,18,21-22H2,1H3/t31-/m0/s1. The van der Waals surface area contributed by atoms with Crippen molar-refractivity contribution in [1.29, 1.82) is 0 Å². The Bertz CT molecular complexity index is 1420. The maximum Gasteiger partial charge on any atom is 0.260 e. The predicted octanol–water partition coefficient (Wildman–Crippen LogP) is 6.27. The molecule has 5 rings (SSSR count). The van der Waals surface area contributed by atoms with Gasteiger partial charge in [-0.3, -0.25) is 14.5 Å². The van der Waals surface area contributed by atoms with E-state index in [4.69, 9.17) is 16.3 Å². The molecule has 1 aliphatic rings. The number of amides is 2. The maximum atomic E-state index is 14.2. The molecule has 0 aliphatic carbocycles. The van der Waals surface area contributed by atoms with Crippen LogP contribution >= 0.6 is 11.6 Å². The van der Waals surface area contributed by atoms with Crippen LogP contribution in [0.3, 0.4) is 0 Å². The average Bonchev–Trinajstić information content (AvgIpc) is 3.43. The number of anilines is 1. The first-order chi connectivity index (χ1) is 18.6. The Hall–Kier alpha value is -4.03. The smallest absolute Gasteiger partial charge is 0.260 e. The summed E-state index contributed by atoms with van der Waals surface area (Å²) >= 11 is 6.38. The summed E-state index contributed by atoms with van der Waals surface area (Å²) < 4.78 is 7.83. The highest BCUT2D eigenvalue weighted by Gasteiger charge is 2.37. The molecule has 6 nitrogen and oxygen atoms in total. The monoisotopic (exact) mass is 527 g/mol. The van der Waals surface area contributed by atoms with Gasteiger partial charge in [-0.15, -0.1) is 0 Å². The highest BCUT2D eigenvalue weighted by Crippen LogP contribution is 2.42. The average molecular weight is 528 g/mol. The van der Waals surface area contributed by atoms with Gasteiger partial charge in [-0.25, -0.2) is 0 Å². The van der Waals surface area contributed by atoms with Crippen molar-refractivity contribution in [3.63, 3.8) is 0 Å². The molecule has 3 aromatic carbocycles. The van der Waals surface area contributed by atoms with Crippen LogP contribution in [0.15, 0.2) is 97.2 Å². The van der Waals surface area contributed by atoms with Crippen molar-refractivity contribution < 1.29 is 14.3 Å². The molecule has 0 bridgehead atoms. The van der Waals surface area contributed by atoms with Gasteiger partial charge in [0.05, 0.1) is 17.1 Å². The number of benzene rings is 3. The highest BCUT2D eigenvalue weighted by molar-refractivity contribution is 6.30. The lowest BCUT2D eigenvalue weighted by Gasteiger charge is -2.39. The topological polar surface area (TPSA) is 54.8 Å². The van der Waals surface area contributed by atoms with Gasteiger partial charge in [0.25, 0.3) is 5.91 Å². The second-order valence-corrected chi connectivity index (χ2v) is 9.72. The summed E-state index contributed by atoms with van der Waals surface area (Å²) in [5.74, 6) is 0.233. The summed E-state index contributed by atoms with van der Waals surface area (Å²) in [5.41, 5.74) is 3.56. The Kier molecular flexibility index (Phi) is 7.80. The maximum absolute atomic E-state index is 14.2. The Morgan fingerprint density at radius 2 is 1.68 bits per heavy atom. The lowest BCUT2D eigenvalue weighted by molar-refractivity contribution is -0.137. The van der Waals surface area contributed by atoms with Crippen LogP contribution in [0, 0.1) is 0 Å². The van der Waals surface area contributed by atoms with Gasteiger partial charge in [0.15, 0.2) is 6.61 Å². The van der Waals surface area contributed by atoms with Gasteiger partial charge >= 0.3 is 0 Å². The first-order valence-electron chi connectivity index (χ1n) is 12.9. The molecule has 1 aliphatic heterocycles. The van der Waals surface area contributed by atoms with Crippen molar-refractivity contribution in [2.45, 2.75) is 25.8 Å². The van der Waals surface area contributed by atoms with Crippen LogP contribution in [0.1, 0.15) is 37.1 Å². The fourth-order valence-corrected chi connectivity index (χ4v) is 5.09. The van der Waals surface area contributed by atoms with Crippen LogP contribution in [0.4, 0.5) is 5.69 Å². The molecule has 4 aromatic rings. The molecular formula is C31H30ClN3O3. The predicted molar refractivity (Wildman–Crippen MR) is 150 cm³/mol. The molecule has 38 heavy (non-hydrogen) atoms. The van der Waals surface area contributed by atoms with Gasteiger partial charge in [0, 0.05) is 17.8 Å². The van der Waals surface area contributed by atoms with Crippen molar-refractivity contribution in [3.05, 3.63) is 113 Å². The molecule has 7 heteroatoms. The molecule has 2 amide bonds. The number of unbranched alkanes of at least 4 members (excludes halogenated alkanes) is 1. The molecule has 0 N–H and O–H groups in total. The Morgan fingerprint density at radius 1 is 0.921 bits per heavy atom. The van der Waals surface area contributed by atoms with Gasteiger partial charge in [0.2, 0.25) is 5.91 Å². The fourth-order valence-electron chi connectivity index (χ4n) is 4.89. The number of aromatic nitrogens is 1. The van der Waals surface area contributed by atoms with Crippen molar-refractivity contribution in [2.24, 2.45) is 0 Å². The lowest BCUT2D eigenvalue weighted by atomic mass is 9.97. The lowest BCUT2D eigenvalue weighted by Crippen LogP contribution is -2.48. The minimum Gasteiger partial charge on any atom is -0.484 e. The molecule has 0 radical (unpaired) electrons. The van der Waals surface area contributed by atoms with Crippen LogP contribution < -0.4 is 9.64 Å². The van der Waals surface area contributed by atoms with E-state index in [2.05, 4.69) is 11.5 Å². The zero-order chi connectivity index (χ0) is 26.5. The van der Waals surface area contributed by atoms with Crippen LogP contribution in [-0.2, 0) is 9.59 Å². The normalized spacial score (nSPS) is 13.9. The number of carbonyl (C=O) groups is 2. The van der Waals surface area contributed by atoms with Crippen LogP contribution in [0.25, 0.3) is 5.69 Å². The zero-order valence-corrected chi connectivity index (χ0v) is 22.1. The number of rotatable bonds is 9. The van der Waals surface area contributed by atoms with E-state index in [-0.39, 0.29) is 25.0 Å². The summed E-state index contributed by atoms with van der Waals surface area (Å²) in [6.45, 7) is 2.36. The molecular weight excluding hydrogens is 498 g/mol. The molecule has 194 valence electrons. The van der Waals surface area contributed by atoms with Gasteiger partial charge in [0.1, 0.15) is 18.3 Å². The number of para-hydroxylation sites is 3. The van der Waals surface area contributed by atoms with Gasteiger partial charge in [-0.1, -0.05) is 67.4 Å². The molecule has 0 saturated heterocycles. The van der Waals surface area contributed by atoms with Crippen molar-refractivity contribution in [1.82, 2.24) is 9.47 Å². The van der Waals surface area contributed by atoms with Crippen molar-refractivity contribution >= 4 is 29.1 Å². The molecule has 0 spiro atoms. The third kappa shape index (κ3) is 5.31. The van der Waals surface area contributed by atoms with E-state index in [1.807, 2.05) is 97.2 Å². The number of carbonyl (C=O) groups excluding carboxylic acids is 2. The van der Waals surface area contributed by atoms with Crippen LogP contribution in [0.5, 0.6) is 5.75 Å². The number of hydrogen-bond donors (Lipinski definition) is 0. The second kappa shape index (κ2) is 11.6. The van der Waals surface area contributed by atoms with E-state index in [0.717, 1.165) is 35.5 Å².